The molecule has 1 saturated carbocycles. The molecule has 28 heavy (non-hydrogen) atoms. The van der Waals surface area contributed by atoms with E-state index in [9.17, 15) is 9.59 Å². The van der Waals surface area contributed by atoms with Crippen LogP contribution in [-0.4, -0.2) is 33.8 Å². The maximum Gasteiger partial charge on any atom is 0.331 e. The van der Waals surface area contributed by atoms with Gasteiger partial charge in [-0.05, 0) is 45.3 Å². The van der Waals surface area contributed by atoms with Gasteiger partial charge in [0.05, 0.1) is 12.2 Å². The highest BCUT2D eigenvalue weighted by Gasteiger charge is 2.26. The number of aryl methyl sites for hydroxylation is 2. The van der Waals surface area contributed by atoms with Crippen molar-refractivity contribution in [2.45, 2.75) is 52.3 Å². The lowest BCUT2D eigenvalue weighted by atomic mass is 10.1. The van der Waals surface area contributed by atoms with Crippen LogP contribution in [0.4, 0.5) is 0 Å². The zero-order chi connectivity index (χ0) is 20.3. The highest BCUT2D eigenvalue weighted by Crippen LogP contribution is 2.23. The fourth-order valence-electron chi connectivity index (χ4n) is 2.69. The van der Waals surface area contributed by atoms with E-state index in [1.807, 2.05) is 38.1 Å². The Hall–Kier alpha value is -2.60. The van der Waals surface area contributed by atoms with E-state index in [2.05, 4.69) is 10.4 Å². The summed E-state index contributed by atoms with van der Waals surface area (Å²) in [5.74, 6) is -0.871. The summed E-state index contributed by atoms with van der Waals surface area (Å²) >= 11 is 6.45. The Kier molecular flexibility index (Phi) is 6.19. The molecule has 3 rings (SSSR count). The van der Waals surface area contributed by atoms with Crippen LogP contribution in [0.2, 0.25) is 5.15 Å². The number of nitrogens with one attached hydrogen (secondary N) is 1. The third-order valence-corrected chi connectivity index (χ3v) is 4.93. The van der Waals surface area contributed by atoms with Gasteiger partial charge in [0.2, 0.25) is 0 Å². The molecule has 1 fully saturated rings. The van der Waals surface area contributed by atoms with Gasteiger partial charge < -0.3 is 10.1 Å². The normalized spacial score (nSPS) is 14.9. The van der Waals surface area contributed by atoms with Crippen LogP contribution < -0.4 is 5.32 Å². The standard InChI is InChI=1S/C21H24ClN3O3/c1-13-4-6-16(7-5-13)12-25-20(22)18(14(2)24-25)10-11-19(26)28-15(3)21(27)23-17-8-9-17/h4-7,10-11,15,17H,8-9,12H2,1-3H3,(H,23,27)/b11-10+/t15-/m1/s1. The second-order valence-electron chi connectivity index (χ2n) is 7.13. The number of rotatable bonds is 7. The fraction of sp³-hybridized carbons (Fsp3) is 0.381. The van der Waals surface area contributed by atoms with Crippen molar-refractivity contribution in [3.8, 4) is 0 Å². The van der Waals surface area contributed by atoms with E-state index in [1.165, 1.54) is 11.6 Å². The van der Waals surface area contributed by atoms with Gasteiger partial charge in [0, 0.05) is 17.7 Å². The summed E-state index contributed by atoms with van der Waals surface area (Å²) in [7, 11) is 0. The predicted octanol–water partition coefficient (Wildman–Crippen LogP) is 3.43. The number of benzene rings is 1. The van der Waals surface area contributed by atoms with Crippen molar-refractivity contribution in [1.82, 2.24) is 15.1 Å². The lowest BCUT2D eigenvalue weighted by Crippen LogP contribution is -2.36. The molecule has 1 N–H and O–H groups in total. The summed E-state index contributed by atoms with van der Waals surface area (Å²) < 4.78 is 6.84. The molecule has 0 spiro atoms. The summed E-state index contributed by atoms with van der Waals surface area (Å²) in [6.45, 7) is 5.96. The van der Waals surface area contributed by atoms with Gasteiger partial charge in [0.1, 0.15) is 5.15 Å². The van der Waals surface area contributed by atoms with Crippen molar-refractivity contribution >= 4 is 29.6 Å². The first kappa shape index (κ1) is 20.1. The van der Waals surface area contributed by atoms with Crippen molar-refractivity contribution in [2.75, 3.05) is 0 Å². The fourth-order valence-corrected chi connectivity index (χ4v) is 2.99. The molecule has 0 unspecified atom stereocenters. The SMILES string of the molecule is Cc1ccc(Cn2nc(C)c(/C=C/C(=O)O[C@H](C)C(=O)NC3CC3)c2Cl)cc1. The molecule has 0 aliphatic heterocycles. The Bertz CT molecular complexity index is 898. The van der Waals surface area contributed by atoms with E-state index in [1.54, 1.807) is 17.7 Å². The maximum atomic E-state index is 12.0. The molecule has 1 aliphatic rings. The second-order valence-corrected chi connectivity index (χ2v) is 7.49. The Labute approximate surface area is 169 Å². The van der Waals surface area contributed by atoms with E-state index in [-0.39, 0.29) is 11.9 Å². The third kappa shape index (κ3) is 5.23. The van der Waals surface area contributed by atoms with Crippen molar-refractivity contribution in [3.63, 3.8) is 0 Å². The number of halogens is 1. The molecule has 1 atom stereocenters. The van der Waals surface area contributed by atoms with E-state index >= 15 is 0 Å². The van der Waals surface area contributed by atoms with Crippen LogP contribution in [0, 0.1) is 13.8 Å². The van der Waals surface area contributed by atoms with Crippen molar-refractivity contribution in [1.29, 1.82) is 0 Å². The van der Waals surface area contributed by atoms with Crippen LogP contribution in [0.5, 0.6) is 0 Å². The number of aromatic nitrogens is 2. The summed E-state index contributed by atoms with van der Waals surface area (Å²) in [5, 5.41) is 7.70. The minimum atomic E-state index is -0.835. The lowest BCUT2D eigenvalue weighted by Gasteiger charge is -2.11. The zero-order valence-corrected chi connectivity index (χ0v) is 17.0. The number of esters is 1. The molecular weight excluding hydrogens is 378 g/mol. The molecule has 6 nitrogen and oxygen atoms in total. The molecule has 1 aliphatic carbocycles. The second kappa shape index (κ2) is 8.61. The van der Waals surface area contributed by atoms with Crippen LogP contribution in [0.25, 0.3) is 6.08 Å². The molecule has 1 amide bonds. The Morgan fingerprint density at radius 3 is 2.64 bits per heavy atom. The minimum Gasteiger partial charge on any atom is -0.449 e. The maximum absolute atomic E-state index is 12.0. The molecule has 2 aromatic rings. The number of hydrogen-bond acceptors (Lipinski definition) is 4. The summed E-state index contributed by atoms with van der Waals surface area (Å²) in [6, 6.07) is 8.37. The van der Waals surface area contributed by atoms with Gasteiger partial charge in [-0.3, -0.25) is 4.79 Å². The Balaban J connectivity index is 1.62. The number of carbonyl (C=O) groups is 2. The first-order valence-corrected chi connectivity index (χ1v) is 9.69. The van der Waals surface area contributed by atoms with Crippen LogP contribution in [0.1, 0.15) is 42.1 Å². The topological polar surface area (TPSA) is 73.2 Å². The first-order chi connectivity index (χ1) is 13.3. The third-order valence-electron chi connectivity index (χ3n) is 4.53. The molecule has 148 valence electrons. The number of carbonyl (C=O) groups excluding carboxylic acids is 2. The van der Waals surface area contributed by atoms with Gasteiger partial charge in [-0.25, -0.2) is 9.48 Å². The van der Waals surface area contributed by atoms with Gasteiger partial charge in [-0.2, -0.15) is 5.10 Å². The van der Waals surface area contributed by atoms with Crippen molar-refractivity contribution < 1.29 is 14.3 Å². The van der Waals surface area contributed by atoms with Gasteiger partial charge >= 0.3 is 5.97 Å². The highest BCUT2D eigenvalue weighted by atomic mass is 35.5. The van der Waals surface area contributed by atoms with Crippen LogP contribution >= 0.6 is 11.6 Å². The number of amides is 1. The predicted molar refractivity (Wildman–Crippen MR) is 108 cm³/mol. The van der Waals surface area contributed by atoms with E-state index in [0.29, 0.717) is 23.0 Å². The highest BCUT2D eigenvalue weighted by molar-refractivity contribution is 6.31. The molecular formula is C21H24ClN3O3. The number of ether oxygens (including phenoxy) is 1. The van der Waals surface area contributed by atoms with Crippen LogP contribution in [0.15, 0.2) is 30.3 Å². The zero-order valence-electron chi connectivity index (χ0n) is 16.2. The lowest BCUT2D eigenvalue weighted by molar-refractivity contribution is -0.150. The van der Waals surface area contributed by atoms with Crippen molar-refractivity contribution in [3.05, 3.63) is 57.9 Å². The molecule has 1 aromatic heterocycles. The van der Waals surface area contributed by atoms with E-state index < -0.39 is 12.1 Å². The Morgan fingerprint density at radius 1 is 1.32 bits per heavy atom. The quantitative estimate of drug-likeness (QED) is 0.569. The number of nitrogens with zero attached hydrogens (tertiary/aromatic N) is 2. The average molecular weight is 402 g/mol. The summed E-state index contributed by atoms with van der Waals surface area (Å²) in [4.78, 5) is 23.9. The van der Waals surface area contributed by atoms with Gasteiger partial charge in [0.25, 0.3) is 5.91 Å². The van der Waals surface area contributed by atoms with Gasteiger partial charge in [0.15, 0.2) is 6.10 Å². The molecule has 0 saturated heterocycles. The molecule has 1 heterocycles. The smallest absolute Gasteiger partial charge is 0.331 e. The monoisotopic (exact) mass is 401 g/mol. The summed E-state index contributed by atoms with van der Waals surface area (Å²) in [6.07, 6.45) is 3.98. The minimum absolute atomic E-state index is 0.227. The van der Waals surface area contributed by atoms with Crippen LogP contribution in [0.3, 0.4) is 0 Å². The van der Waals surface area contributed by atoms with E-state index in [0.717, 1.165) is 18.4 Å². The average Bonchev–Trinajstić information content (AvgIpc) is 3.42. The van der Waals surface area contributed by atoms with Crippen molar-refractivity contribution in [2.24, 2.45) is 0 Å². The largest absolute Gasteiger partial charge is 0.449 e. The number of hydrogen-bond donors (Lipinski definition) is 1. The first-order valence-electron chi connectivity index (χ1n) is 9.31. The van der Waals surface area contributed by atoms with Gasteiger partial charge in [-0.15, -0.1) is 0 Å². The van der Waals surface area contributed by atoms with Crippen LogP contribution in [-0.2, 0) is 20.9 Å². The molecule has 0 radical (unpaired) electrons. The molecule has 7 heteroatoms. The summed E-state index contributed by atoms with van der Waals surface area (Å²) in [5.41, 5.74) is 3.63. The molecule has 1 aromatic carbocycles. The Morgan fingerprint density at radius 2 is 2.00 bits per heavy atom. The molecule has 0 bridgehead atoms. The van der Waals surface area contributed by atoms with E-state index in [4.69, 9.17) is 16.3 Å². The van der Waals surface area contributed by atoms with Gasteiger partial charge in [-0.1, -0.05) is 41.4 Å².